The van der Waals surface area contributed by atoms with Crippen LogP contribution in [0.3, 0.4) is 0 Å². The summed E-state index contributed by atoms with van der Waals surface area (Å²) in [6, 6.07) is 3.19. The van der Waals surface area contributed by atoms with Gasteiger partial charge in [0.15, 0.2) is 0 Å². The molecule has 0 saturated heterocycles. The maximum absolute atomic E-state index is 10.8. The van der Waals surface area contributed by atoms with Crippen molar-refractivity contribution in [3.8, 4) is 0 Å². The van der Waals surface area contributed by atoms with Crippen LogP contribution >= 0.6 is 15.9 Å². The van der Waals surface area contributed by atoms with Crippen molar-refractivity contribution in [3.05, 3.63) is 37.8 Å². The Hall–Kier alpha value is -1.43. The third-order valence-corrected chi connectivity index (χ3v) is 2.68. The summed E-state index contributed by atoms with van der Waals surface area (Å²) in [5, 5.41) is 19.4. The van der Waals surface area contributed by atoms with Crippen LogP contribution in [-0.2, 0) is 11.2 Å². The van der Waals surface area contributed by atoms with E-state index < -0.39 is 10.9 Å². The molecule has 0 aliphatic carbocycles. The second-order valence-corrected chi connectivity index (χ2v) is 3.87. The summed E-state index contributed by atoms with van der Waals surface area (Å²) in [7, 11) is 0. The quantitative estimate of drug-likeness (QED) is 0.677. The topological polar surface area (TPSA) is 80.4 Å². The summed E-state index contributed by atoms with van der Waals surface area (Å²) in [6.07, 6.45) is -0.363. The highest BCUT2D eigenvalue weighted by Crippen LogP contribution is 2.30. The molecule has 0 amide bonds. The zero-order valence-corrected chi connectivity index (χ0v) is 9.44. The van der Waals surface area contributed by atoms with E-state index in [1.165, 1.54) is 0 Å². The number of nitrogens with zero attached hydrogens (tertiary/aromatic N) is 1. The van der Waals surface area contributed by atoms with Gasteiger partial charge in [0, 0.05) is 10.0 Å². The van der Waals surface area contributed by atoms with Crippen molar-refractivity contribution >= 4 is 27.6 Å². The molecule has 0 unspecified atom stereocenters. The second-order valence-electron chi connectivity index (χ2n) is 3.02. The standard InChI is InChI=1S/C9H8BrNO4/c1-5-2-3-7(10)6(4-8(12)13)9(5)11(14)15/h2-3H,4H2,1H3,(H,12,13). The van der Waals surface area contributed by atoms with Gasteiger partial charge in [-0.2, -0.15) is 0 Å². The monoisotopic (exact) mass is 273 g/mol. The average molecular weight is 274 g/mol. The minimum absolute atomic E-state index is 0.133. The molecule has 1 aromatic rings. The van der Waals surface area contributed by atoms with E-state index >= 15 is 0 Å². The first-order valence-corrected chi connectivity index (χ1v) is 4.87. The molecule has 15 heavy (non-hydrogen) atoms. The predicted molar refractivity (Wildman–Crippen MR) is 56.9 cm³/mol. The molecule has 0 radical (unpaired) electrons. The van der Waals surface area contributed by atoms with Crippen molar-refractivity contribution < 1.29 is 14.8 Å². The molecule has 0 aromatic heterocycles. The molecule has 0 saturated carbocycles. The molecule has 0 aliphatic rings. The van der Waals surface area contributed by atoms with E-state index in [0.717, 1.165) is 0 Å². The van der Waals surface area contributed by atoms with E-state index in [1.807, 2.05) is 0 Å². The third kappa shape index (κ3) is 2.53. The van der Waals surface area contributed by atoms with Gasteiger partial charge in [-0.1, -0.05) is 22.0 Å². The lowest BCUT2D eigenvalue weighted by Gasteiger charge is -2.05. The zero-order chi connectivity index (χ0) is 11.6. The summed E-state index contributed by atoms with van der Waals surface area (Å²) < 4.78 is 0.446. The van der Waals surface area contributed by atoms with Gasteiger partial charge in [0.05, 0.1) is 16.9 Å². The number of carbonyl (C=O) groups is 1. The van der Waals surface area contributed by atoms with Gasteiger partial charge in [-0.05, 0) is 13.0 Å². The van der Waals surface area contributed by atoms with E-state index in [4.69, 9.17) is 5.11 Å². The third-order valence-electron chi connectivity index (χ3n) is 1.94. The normalized spacial score (nSPS) is 10.0. The van der Waals surface area contributed by atoms with Gasteiger partial charge in [-0.15, -0.1) is 0 Å². The fourth-order valence-electron chi connectivity index (χ4n) is 1.30. The van der Waals surface area contributed by atoms with Crippen molar-refractivity contribution in [1.82, 2.24) is 0 Å². The van der Waals surface area contributed by atoms with Crippen molar-refractivity contribution in [3.63, 3.8) is 0 Å². The minimum atomic E-state index is -1.09. The summed E-state index contributed by atoms with van der Waals surface area (Å²) in [5.74, 6) is -1.09. The maximum atomic E-state index is 10.8. The van der Waals surface area contributed by atoms with Gasteiger partial charge >= 0.3 is 5.97 Å². The number of hydrogen-bond donors (Lipinski definition) is 1. The van der Waals surface area contributed by atoms with Crippen molar-refractivity contribution in [2.24, 2.45) is 0 Å². The van der Waals surface area contributed by atoms with Crippen LogP contribution in [0.2, 0.25) is 0 Å². The van der Waals surface area contributed by atoms with Gasteiger partial charge in [0.1, 0.15) is 0 Å². The molecule has 0 aliphatic heterocycles. The smallest absolute Gasteiger partial charge is 0.308 e. The molecular formula is C9H8BrNO4. The average Bonchev–Trinajstić information content (AvgIpc) is 2.10. The van der Waals surface area contributed by atoms with Gasteiger partial charge in [-0.25, -0.2) is 0 Å². The molecule has 6 heteroatoms. The van der Waals surface area contributed by atoms with Gasteiger partial charge in [0.2, 0.25) is 0 Å². The van der Waals surface area contributed by atoms with Crippen LogP contribution in [0.15, 0.2) is 16.6 Å². The van der Waals surface area contributed by atoms with E-state index in [-0.39, 0.29) is 17.7 Å². The number of aliphatic carboxylic acids is 1. The van der Waals surface area contributed by atoms with Gasteiger partial charge in [0.25, 0.3) is 5.69 Å². The number of carboxylic acids is 1. The summed E-state index contributed by atoms with van der Waals surface area (Å²) >= 11 is 3.11. The predicted octanol–water partition coefficient (Wildman–Crippen LogP) is 2.29. The molecule has 1 rings (SSSR count). The molecule has 0 heterocycles. The van der Waals surface area contributed by atoms with Gasteiger partial charge in [-0.3, -0.25) is 14.9 Å². The molecule has 1 N–H and O–H groups in total. The molecule has 80 valence electrons. The number of nitro benzene ring substituents is 1. The molecule has 0 spiro atoms. The lowest BCUT2D eigenvalue weighted by atomic mass is 10.1. The van der Waals surface area contributed by atoms with Crippen LogP contribution in [0, 0.1) is 17.0 Å². The Labute approximate surface area is 94.0 Å². The summed E-state index contributed by atoms with van der Waals surface area (Å²) in [4.78, 5) is 20.8. The lowest BCUT2D eigenvalue weighted by molar-refractivity contribution is -0.386. The summed E-state index contributed by atoms with van der Waals surface area (Å²) in [6.45, 7) is 1.58. The number of aryl methyl sites for hydroxylation is 1. The number of rotatable bonds is 3. The first kappa shape index (κ1) is 11.6. The molecule has 0 bridgehead atoms. The van der Waals surface area contributed by atoms with E-state index in [2.05, 4.69) is 15.9 Å². The highest BCUT2D eigenvalue weighted by molar-refractivity contribution is 9.10. The Bertz CT molecular complexity index is 430. The Kier molecular flexibility index (Phi) is 3.41. The van der Waals surface area contributed by atoms with E-state index in [1.54, 1.807) is 19.1 Å². The van der Waals surface area contributed by atoms with Gasteiger partial charge < -0.3 is 5.11 Å². The highest BCUT2D eigenvalue weighted by Gasteiger charge is 2.21. The molecule has 1 aromatic carbocycles. The van der Waals surface area contributed by atoms with E-state index in [9.17, 15) is 14.9 Å². The zero-order valence-electron chi connectivity index (χ0n) is 7.86. The van der Waals surface area contributed by atoms with Crippen LogP contribution in [0.1, 0.15) is 11.1 Å². The summed E-state index contributed by atoms with van der Waals surface area (Å²) in [5.41, 5.74) is 0.527. The van der Waals surface area contributed by atoms with Crippen molar-refractivity contribution in [2.75, 3.05) is 0 Å². The maximum Gasteiger partial charge on any atom is 0.308 e. The number of carboxylic acid groups (broad SMARTS) is 1. The first-order valence-electron chi connectivity index (χ1n) is 4.07. The number of hydrogen-bond acceptors (Lipinski definition) is 3. The largest absolute Gasteiger partial charge is 0.481 e. The minimum Gasteiger partial charge on any atom is -0.481 e. The Balaban J connectivity index is 3.38. The van der Waals surface area contributed by atoms with Crippen LogP contribution in [0.4, 0.5) is 5.69 Å². The fourth-order valence-corrected chi connectivity index (χ4v) is 1.76. The highest BCUT2D eigenvalue weighted by atomic mass is 79.9. The van der Waals surface area contributed by atoms with Crippen LogP contribution in [0.25, 0.3) is 0 Å². The number of halogens is 1. The second kappa shape index (κ2) is 4.39. The van der Waals surface area contributed by atoms with Crippen LogP contribution < -0.4 is 0 Å². The molecule has 0 fully saturated rings. The Morgan fingerprint density at radius 1 is 1.60 bits per heavy atom. The molecule has 5 nitrogen and oxygen atoms in total. The van der Waals surface area contributed by atoms with E-state index in [0.29, 0.717) is 10.0 Å². The number of benzene rings is 1. The van der Waals surface area contributed by atoms with Crippen LogP contribution in [-0.4, -0.2) is 16.0 Å². The SMILES string of the molecule is Cc1ccc(Br)c(CC(=O)O)c1[N+](=O)[O-]. The molecule has 0 atom stereocenters. The Morgan fingerprint density at radius 2 is 2.20 bits per heavy atom. The first-order chi connectivity index (χ1) is 6.93. The molecular weight excluding hydrogens is 266 g/mol. The number of nitro groups is 1. The lowest BCUT2D eigenvalue weighted by Crippen LogP contribution is -2.06. The van der Waals surface area contributed by atoms with Crippen molar-refractivity contribution in [1.29, 1.82) is 0 Å². The van der Waals surface area contributed by atoms with Crippen molar-refractivity contribution in [2.45, 2.75) is 13.3 Å². The fraction of sp³-hybridized carbons (Fsp3) is 0.222. The Morgan fingerprint density at radius 3 is 2.67 bits per heavy atom. The van der Waals surface area contributed by atoms with Crippen LogP contribution in [0.5, 0.6) is 0 Å².